The number of hydrogen-bond donors (Lipinski definition) is 1. The molecule has 1 aliphatic rings. The van der Waals surface area contributed by atoms with Crippen LogP contribution in [0.25, 0.3) is 0 Å². The molecule has 1 atom stereocenters. The van der Waals surface area contributed by atoms with Crippen molar-refractivity contribution in [1.29, 1.82) is 0 Å². The standard InChI is InChI=1S/C12H24N4O2/c1-10(12(18)14(2)3)15(4)9-11(17)16-7-5-13-6-8-16/h10,13H,5-9H2,1-4H3. The van der Waals surface area contributed by atoms with Gasteiger partial charge < -0.3 is 15.1 Å². The third-order valence-electron chi connectivity index (χ3n) is 3.31. The molecule has 1 unspecified atom stereocenters. The monoisotopic (exact) mass is 256 g/mol. The minimum Gasteiger partial charge on any atom is -0.347 e. The number of hydrogen-bond acceptors (Lipinski definition) is 4. The van der Waals surface area contributed by atoms with Crippen LogP contribution < -0.4 is 5.32 Å². The van der Waals surface area contributed by atoms with Gasteiger partial charge in [0, 0.05) is 40.3 Å². The van der Waals surface area contributed by atoms with E-state index in [0.717, 1.165) is 26.2 Å². The highest BCUT2D eigenvalue weighted by Gasteiger charge is 2.24. The highest BCUT2D eigenvalue weighted by molar-refractivity contribution is 5.83. The topological polar surface area (TPSA) is 55.9 Å². The van der Waals surface area contributed by atoms with E-state index >= 15 is 0 Å². The Morgan fingerprint density at radius 2 is 1.78 bits per heavy atom. The predicted octanol–water partition coefficient (Wildman–Crippen LogP) is -1.17. The van der Waals surface area contributed by atoms with Crippen LogP contribution in [0.5, 0.6) is 0 Å². The second-order valence-electron chi connectivity index (χ2n) is 4.95. The first-order valence-corrected chi connectivity index (χ1v) is 6.33. The zero-order valence-corrected chi connectivity index (χ0v) is 11.8. The van der Waals surface area contributed by atoms with Crippen LogP contribution in [-0.2, 0) is 9.59 Å². The lowest BCUT2D eigenvalue weighted by molar-refractivity contribution is -0.137. The highest BCUT2D eigenvalue weighted by atomic mass is 16.2. The van der Waals surface area contributed by atoms with Gasteiger partial charge in [-0.15, -0.1) is 0 Å². The molecule has 6 nitrogen and oxygen atoms in total. The van der Waals surface area contributed by atoms with Gasteiger partial charge in [0.1, 0.15) is 0 Å². The van der Waals surface area contributed by atoms with E-state index in [-0.39, 0.29) is 17.9 Å². The van der Waals surface area contributed by atoms with Crippen LogP contribution in [0.2, 0.25) is 0 Å². The molecule has 1 aliphatic heterocycles. The summed E-state index contributed by atoms with van der Waals surface area (Å²) >= 11 is 0. The molecule has 1 heterocycles. The normalized spacial score (nSPS) is 17.7. The van der Waals surface area contributed by atoms with Crippen molar-refractivity contribution in [3.05, 3.63) is 0 Å². The second kappa shape index (κ2) is 6.70. The maximum atomic E-state index is 12.0. The summed E-state index contributed by atoms with van der Waals surface area (Å²) in [5, 5.41) is 3.21. The molecular formula is C12H24N4O2. The van der Waals surface area contributed by atoms with Crippen molar-refractivity contribution >= 4 is 11.8 Å². The number of carbonyl (C=O) groups excluding carboxylic acids is 2. The average molecular weight is 256 g/mol. The lowest BCUT2D eigenvalue weighted by Gasteiger charge is -2.31. The first-order chi connectivity index (χ1) is 8.43. The van der Waals surface area contributed by atoms with Gasteiger partial charge >= 0.3 is 0 Å². The van der Waals surface area contributed by atoms with Crippen LogP contribution in [0, 0.1) is 0 Å². The van der Waals surface area contributed by atoms with E-state index in [0.29, 0.717) is 6.54 Å². The van der Waals surface area contributed by atoms with Gasteiger partial charge in [-0.25, -0.2) is 0 Å². The quantitative estimate of drug-likeness (QED) is 0.688. The van der Waals surface area contributed by atoms with Crippen molar-refractivity contribution in [3.63, 3.8) is 0 Å². The molecule has 0 radical (unpaired) electrons. The maximum absolute atomic E-state index is 12.0. The first-order valence-electron chi connectivity index (χ1n) is 6.33. The molecule has 1 saturated heterocycles. The molecule has 1 rings (SSSR count). The average Bonchev–Trinajstić information content (AvgIpc) is 2.37. The second-order valence-corrected chi connectivity index (χ2v) is 4.95. The molecule has 1 N–H and O–H groups in total. The zero-order chi connectivity index (χ0) is 13.7. The summed E-state index contributed by atoms with van der Waals surface area (Å²) in [5.74, 6) is 0.114. The Hall–Kier alpha value is -1.14. The third-order valence-corrected chi connectivity index (χ3v) is 3.31. The molecule has 0 aromatic heterocycles. The van der Waals surface area contributed by atoms with Gasteiger partial charge in [-0.3, -0.25) is 14.5 Å². The van der Waals surface area contributed by atoms with Gasteiger partial charge in [-0.1, -0.05) is 0 Å². The molecule has 0 aromatic carbocycles. The highest BCUT2D eigenvalue weighted by Crippen LogP contribution is 2.01. The Balaban J connectivity index is 2.45. The van der Waals surface area contributed by atoms with Crippen LogP contribution in [0.15, 0.2) is 0 Å². The van der Waals surface area contributed by atoms with E-state index in [1.54, 1.807) is 23.9 Å². The summed E-state index contributed by atoms with van der Waals surface area (Å²) in [6, 6.07) is -0.271. The summed E-state index contributed by atoms with van der Waals surface area (Å²) in [6.45, 7) is 5.32. The van der Waals surface area contributed by atoms with Crippen LogP contribution in [0.1, 0.15) is 6.92 Å². The van der Waals surface area contributed by atoms with Crippen molar-refractivity contribution in [2.75, 3.05) is 53.9 Å². The molecule has 0 spiro atoms. The lowest BCUT2D eigenvalue weighted by Crippen LogP contribution is -2.51. The largest absolute Gasteiger partial charge is 0.347 e. The summed E-state index contributed by atoms with van der Waals surface area (Å²) in [6.07, 6.45) is 0. The summed E-state index contributed by atoms with van der Waals surface area (Å²) in [5.41, 5.74) is 0. The van der Waals surface area contributed by atoms with Gasteiger partial charge in [-0.2, -0.15) is 0 Å². The Morgan fingerprint density at radius 3 is 2.28 bits per heavy atom. The van der Waals surface area contributed by atoms with E-state index in [4.69, 9.17) is 0 Å². The van der Waals surface area contributed by atoms with Gasteiger partial charge in [0.2, 0.25) is 11.8 Å². The number of piperazine rings is 1. The number of carbonyl (C=O) groups is 2. The van der Waals surface area contributed by atoms with Gasteiger partial charge in [0.05, 0.1) is 12.6 Å². The van der Waals surface area contributed by atoms with Crippen molar-refractivity contribution in [3.8, 4) is 0 Å². The van der Waals surface area contributed by atoms with E-state index in [9.17, 15) is 9.59 Å². The number of likely N-dealkylation sites (N-methyl/N-ethyl adjacent to an activating group) is 2. The van der Waals surface area contributed by atoms with Gasteiger partial charge in [-0.05, 0) is 14.0 Å². The van der Waals surface area contributed by atoms with E-state index in [2.05, 4.69) is 5.32 Å². The van der Waals surface area contributed by atoms with Crippen LogP contribution >= 0.6 is 0 Å². The molecular weight excluding hydrogens is 232 g/mol. The molecule has 0 aromatic rings. The van der Waals surface area contributed by atoms with Crippen molar-refractivity contribution < 1.29 is 9.59 Å². The lowest BCUT2D eigenvalue weighted by atomic mass is 10.2. The summed E-state index contributed by atoms with van der Waals surface area (Å²) < 4.78 is 0. The number of rotatable bonds is 4. The number of nitrogens with one attached hydrogen (secondary N) is 1. The van der Waals surface area contributed by atoms with Gasteiger partial charge in [0.25, 0.3) is 0 Å². The molecule has 18 heavy (non-hydrogen) atoms. The summed E-state index contributed by atoms with van der Waals surface area (Å²) in [4.78, 5) is 29.0. The number of nitrogens with zero attached hydrogens (tertiary/aromatic N) is 3. The van der Waals surface area contributed by atoms with Crippen LogP contribution in [0.3, 0.4) is 0 Å². The molecule has 0 saturated carbocycles. The zero-order valence-electron chi connectivity index (χ0n) is 11.8. The Morgan fingerprint density at radius 1 is 1.22 bits per heavy atom. The molecule has 104 valence electrons. The fourth-order valence-corrected chi connectivity index (χ4v) is 1.93. The fourth-order valence-electron chi connectivity index (χ4n) is 1.93. The number of amides is 2. The third kappa shape index (κ3) is 3.96. The molecule has 0 aliphatic carbocycles. The minimum atomic E-state index is -0.271. The maximum Gasteiger partial charge on any atom is 0.239 e. The fraction of sp³-hybridized carbons (Fsp3) is 0.833. The minimum absolute atomic E-state index is 0.0191. The SMILES string of the molecule is CC(C(=O)N(C)C)N(C)CC(=O)N1CCNCC1. The van der Waals surface area contributed by atoms with Crippen molar-refractivity contribution in [2.45, 2.75) is 13.0 Å². The summed E-state index contributed by atoms with van der Waals surface area (Å²) in [7, 11) is 5.27. The van der Waals surface area contributed by atoms with Crippen LogP contribution in [-0.4, -0.2) is 86.4 Å². The van der Waals surface area contributed by atoms with Crippen molar-refractivity contribution in [2.24, 2.45) is 0 Å². The smallest absolute Gasteiger partial charge is 0.239 e. The Kier molecular flexibility index (Phi) is 5.55. The van der Waals surface area contributed by atoms with Gasteiger partial charge in [0.15, 0.2) is 0 Å². The molecule has 6 heteroatoms. The van der Waals surface area contributed by atoms with Crippen molar-refractivity contribution in [1.82, 2.24) is 20.0 Å². The van der Waals surface area contributed by atoms with E-state index < -0.39 is 0 Å². The Labute approximate surface area is 109 Å². The van der Waals surface area contributed by atoms with Crippen LogP contribution in [0.4, 0.5) is 0 Å². The molecule has 1 fully saturated rings. The van der Waals surface area contributed by atoms with E-state index in [1.165, 1.54) is 0 Å². The first kappa shape index (κ1) is 14.9. The molecule has 0 bridgehead atoms. The molecule has 2 amide bonds. The van der Waals surface area contributed by atoms with E-state index in [1.807, 2.05) is 18.9 Å². The predicted molar refractivity (Wildman–Crippen MR) is 70.2 cm³/mol. The Bertz CT molecular complexity index is 300.